The molecule has 2 aromatic carbocycles. The van der Waals surface area contributed by atoms with Gasteiger partial charge >= 0.3 is 5.97 Å². The fraction of sp³-hybridized carbons (Fsp3) is 0.222. The van der Waals surface area contributed by atoms with E-state index in [2.05, 4.69) is 10.6 Å². The highest BCUT2D eigenvalue weighted by atomic mass is 16.5. The van der Waals surface area contributed by atoms with Gasteiger partial charge in [-0.25, -0.2) is 4.79 Å². The van der Waals surface area contributed by atoms with Crippen molar-refractivity contribution in [3.63, 3.8) is 0 Å². The number of amides is 1. The molecule has 3 rings (SSSR count). The van der Waals surface area contributed by atoms with E-state index in [9.17, 15) is 9.59 Å². The van der Waals surface area contributed by atoms with Crippen LogP contribution in [0.2, 0.25) is 0 Å². The van der Waals surface area contributed by atoms with Gasteiger partial charge in [0, 0.05) is 5.69 Å². The third-order valence-corrected chi connectivity index (χ3v) is 3.58. The highest BCUT2D eigenvalue weighted by Gasteiger charge is 2.28. The minimum Gasteiger partial charge on any atom is -0.462 e. The average molecular weight is 326 g/mol. The second-order valence-corrected chi connectivity index (χ2v) is 5.43. The Morgan fingerprint density at radius 1 is 1.25 bits per heavy atom. The lowest BCUT2D eigenvalue weighted by molar-refractivity contribution is -0.122. The van der Waals surface area contributed by atoms with E-state index < -0.39 is 12.2 Å². The van der Waals surface area contributed by atoms with Crippen LogP contribution in [-0.4, -0.2) is 24.7 Å². The average Bonchev–Trinajstić information content (AvgIpc) is 2.57. The molecule has 0 aliphatic carbocycles. The number of hydrogen-bond donors (Lipinski definition) is 2. The van der Waals surface area contributed by atoms with Crippen LogP contribution in [0.15, 0.2) is 42.5 Å². The summed E-state index contributed by atoms with van der Waals surface area (Å²) in [5, 5.41) is 5.78. The number of carbonyl (C=O) groups excluding carboxylic acids is 2. The first-order valence-electron chi connectivity index (χ1n) is 7.68. The van der Waals surface area contributed by atoms with Gasteiger partial charge in [-0.05, 0) is 44.2 Å². The van der Waals surface area contributed by atoms with Crippen molar-refractivity contribution in [3.05, 3.63) is 53.6 Å². The summed E-state index contributed by atoms with van der Waals surface area (Å²) < 4.78 is 10.6. The van der Waals surface area contributed by atoms with E-state index >= 15 is 0 Å². The summed E-state index contributed by atoms with van der Waals surface area (Å²) in [5.74, 6) is -0.272. The van der Waals surface area contributed by atoms with Crippen molar-refractivity contribution in [3.8, 4) is 5.75 Å². The summed E-state index contributed by atoms with van der Waals surface area (Å²) in [7, 11) is 0. The molecular formula is C18H18N2O4. The van der Waals surface area contributed by atoms with E-state index in [1.807, 2.05) is 31.2 Å². The van der Waals surface area contributed by atoms with Crippen LogP contribution in [0.5, 0.6) is 5.75 Å². The molecule has 0 bridgehead atoms. The lowest BCUT2D eigenvalue weighted by Crippen LogP contribution is -2.42. The molecule has 0 fully saturated rings. The van der Waals surface area contributed by atoms with E-state index in [0.717, 1.165) is 11.3 Å². The molecule has 0 aromatic heterocycles. The Hall–Kier alpha value is -3.02. The van der Waals surface area contributed by atoms with Crippen molar-refractivity contribution in [2.24, 2.45) is 0 Å². The molecule has 0 spiro atoms. The van der Waals surface area contributed by atoms with Gasteiger partial charge in [-0.15, -0.1) is 0 Å². The third kappa shape index (κ3) is 3.32. The van der Waals surface area contributed by atoms with Gasteiger partial charge in [0.2, 0.25) is 6.23 Å². The summed E-state index contributed by atoms with van der Waals surface area (Å²) in [6.07, 6.45) is -0.839. The van der Waals surface area contributed by atoms with E-state index in [-0.39, 0.29) is 5.91 Å². The maximum absolute atomic E-state index is 12.2. The van der Waals surface area contributed by atoms with Crippen LogP contribution in [0.25, 0.3) is 0 Å². The summed E-state index contributed by atoms with van der Waals surface area (Å²) in [6.45, 7) is 4.02. The molecular weight excluding hydrogens is 308 g/mol. The second-order valence-electron chi connectivity index (χ2n) is 5.43. The number of rotatable bonds is 4. The van der Waals surface area contributed by atoms with Gasteiger partial charge < -0.3 is 20.1 Å². The maximum Gasteiger partial charge on any atom is 0.338 e. The molecule has 1 heterocycles. The van der Waals surface area contributed by atoms with Gasteiger partial charge in [0.25, 0.3) is 5.91 Å². The largest absolute Gasteiger partial charge is 0.462 e. The molecule has 124 valence electrons. The zero-order valence-electron chi connectivity index (χ0n) is 13.5. The van der Waals surface area contributed by atoms with Crippen molar-refractivity contribution >= 4 is 23.3 Å². The van der Waals surface area contributed by atoms with Crippen LogP contribution in [0.1, 0.15) is 22.8 Å². The first kappa shape index (κ1) is 15.9. The van der Waals surface area contributed by atoms with Crippen molar-refractivity contribution in [1.29, 1.82) is 0 Å². The molecule has 6 heteroatoms. The predicted molar refractivity (Wildman–Crippen MR) is 90.2 cm³/mol. The van der Waals surface area contributed by atoms with Gasteiger partial charge in [-0.3, -0.25) is 4.79 Å². The van der Waals surface area contributed by atoms with E-state index in [1.54, 1.807) is 25.1 Å². The normalized spacial score (nSPS) is 15.8. The van der Waals surface area contributed by atoms with Crippen molar-refractivity contribution in [2.45, 2.75) is 20.1 Å². The second kappa shape index (κ2) is 6.62. The first-order valence-corrected chi connectivity index (χ1v) is 7.68. The molecule has 6 nitrogen and oxygen atoms in total. The lowest BCUT2D eigenvalue weighted by Gasteiger charge is -2.27. The molecule has 2 aromatic rings. The van der Waals surface area contributed by atoms with Crippen molar-refractivity contribution in [2.75, 3.05) is 17.2 Å². The van der Waals surface area contributed by atoms with Crippen LogP contribution in [0.4, 0.5) is 11.4 Å². The standard InChI is InChI=1S/C18H18N2O4/c1-3-23-18(22)12-6-9-15-14(10-12)20-16(21)17(24-15)19-13-7-4-11(2)5-8-13/h4-10,17,19H,3H2,1-2H3,(H,20,21). The Labute approximate surface area is 139 Å². The smallest absolute Gasteiger partial charge is 0.338 e. The van der Waals surface area contributed by atoms with Crippen LogP contribution < -0.4 is 15.4 Å². The highest BCUT2D eigenvalue weighted by Crippen LogP contribution is 2.31. The fourth-order valence-electron chi connectivity index (χ4n) is 2.35. The number of fused-ring (bicyclic) bond motifs is 1. The van der Waals surface area contributed by atoms with Gasteiger partial charge in [0.05, 0.1) is 17.9 Å². The fourth-order valence-corrected chi connectivity index (χ4v) is 2.35. The summed E-state index contributed by atoms with van der Waals surface area (Å²) in [4.78, 5) is 24.0. The Morgan fingerprint density at radius 3 is 2.71 bits per heavy atom. The molecule has 0 saturated heterocycles. The van der Waals surface area contributed by atoms with Gasteiger partial charge in [-0.1, -0.05) is 17.7 Å². The Morgan fingerprint density at radius 2 is 2.00 bits per heavy atom. The number of esters is 1. The first-order chi connectivity index (χ1) is 11.6. The van der Waals surface area contributed by atoms with Gasteiger partial charge in [0.1, 0.15) is 5.75 Å². The van der Waals surface area contributed by atoms with Gasteiger partial charge in [0.15, 0.2) is 0 Å². The number of nitrogens with one attached hydrogen (secondary N) is 2. The molecule has 2 N–H and O–H groups in total. The minimum absolute atomic E-state index is 0.293. The number of aryl methyl sites for hydroxylation is 1. The monoisotopic (exact) mass is 326 g/mol. The topological polar surface area (TPSA) is 76.7 Å². The minimum atomic E-state index is -0.839. The quantitative estimate of drug-likeness (QED) is 0.845. The zero-order valence-corrected chi connectivity index (χ0v) is 13.5. The Balaban J connectivity index is 1.76. The molecule has 1 aliphatic heterocycles. The number of benzene rings is 2. The molecule has 1 amide bonds. The van der Waals surface area contributed by atoms with Crippen molar-refractivity contribution in [1.82, 2.24) is 0 Å². The summed E-state index contributed by atoms with van der Waals surface area (Å²) >= 11 is 0. The summed E-state index contributed by atoms with van der Waals surface area (Å²) in [6, 6.07) is 12.5. The van der Waals surface area contributed by atoms with Crippen molar-refractivity contribution < 1.29 is 19.1 Å². The predicted octanol–water partition coefficient (Wildman–Crippen LogP) is 2.94. The zero-order chi connectivity index (χ0) is 17.1. The maximum atomic E-state index is 12.2. The van der Waals surface area contributed by atoms with Gasteiger partial charge in [-0.2, -0.15) is 0 Å². The van der Waals surface area contributed by atoms with Crippen LogP contribution in [0, 0.1) is 6.92 Å². The molecule has 0 saturated carbocycles. The molecule has 1 atom stereocenters. The number of carbonyl (C=O) groups is 2. The third-order valence-electron chi connectivity index (χ3n) is 3.58. The van der Waals surface area contributed by atoms with E-state index in [4.69, 9.17) is 9.47 Å². The molecule has 0 radical (unpaired) electrons. The Kier molecular flexibility index (Phi) is 4.37. The molecule has 1 unspecified atom stereocenters. The lowest BCUT2D eigenvalue weighted by atomic mass is 10.1. The summed E-state index contributed by atoms with van der Waals surface area (Å²) in [5.41, 5.74) is 2.73. The Bertz CT molecular complexity index is 771. The van der Waals surface area contributed by atoms with E-state index in [0.29, 0.717) is 23.6 Å². The number of ether oxygens (including phenoxy) is 2. The van der Waals surface area contributed by atoms with Crippen LogP contribution in [-0.2, 0) is 9.53 Å². The van der Waals surface area contributed by atoms with E-state index in [1.165, 1.54) is 0 Å². The number of hydrogen-bond acceptors (Lipinski definition) is 5. The number of anilines is 2. The molecule has 24 heavy (non-hydrogen) atoms. The van der Waals surface area contributed by atoms with Crippen LogP contribution in [0.3, 0.4) is 0 Å². The SMILES string of the molecule is CCOC(=O)c1ccc2c(c1)NC(=O)C(Nc1ccc(C)cc1)O2. The van der Waals surface area contributed by atoms with Crippen LogP contribution >= 0.6 is 0 Å². The molecule has 1 aliphatic rings. The highest BCUT2D eigenvalue weighted by molar-refractivity contribution is 6.00.